The molecular weight excluding hydrogens is 288 g/mol. The lowest BCUT2D eigenvalue weighted by Gasteiger charge is -2.36. The number of nitrogens with zero attached hydrogens (tertiary/aromatic N) is 1. The monoisotopic (exact) mass is 310 g/mol. The first kappa shape index (κ1) is 14.8. The van der Waals surface area contributed by atoms with Crippen molar-refractivity contribution in [1.82, 2.24) is 4.31 Å². The SMILES string of the molecule is Cc1ccc(N)c(S(=O)(=O)N2C3CCC2CC(O)C3)c1C. The molecule has 2 bridgehead atoms. The summed E-state index contributed by atoms with van der Waals surface area (Å²) in [5.74, 6) is 0. The highest BCUT2D eigenvalue weighted by Crippen LogP contribution is 2.41. The van der Waals surface area contributed by atoms with Crippen LogP contribution in [0.1, 0.15) is 36.8 Å². The van der Waals surface area contributed by atoms with E-state index in [-0.39, 0.29) is 23.1 Å². The van der Waals surface area contributed by atoms with Crippen LogP contribution in [0.25, 0.3) is 0 Å². The first-order chi connectivity index (χ1) is 9.82. The lowest BCUT2D eigenvalue weighted by Crippen LogP contribution is -2.48. The molecule has 3 N–H and O–H groups in total. The first-order valence-electron chi connectivity index (χ1n) is 7.39. The van der Waals surface area contributed by atoms with Gasteiger partial charge >= 0.3 is 0 Å². The molecule has 0 radical (unpaired) electrons. The molecule has 1 aromatic carbocycles. The summed E-state index contributed by atoms with van der Waals surface area (Å²) < 4.78 is 27.8. The highest BCUT2D eigenvalue weighted by molar-refractivity contribution is 7.89. The Morgan fingerprint density at radius 3 is 2.33 bits per heavy atom. The summed E-state index contributed by atoms with van der Waals surface area (Å²) in [6, 6.07) is 3.32. The van der Waals surface area contributed by atoms with E-state index < -0.39 is 10.0 Å². The third-order valence-electron chi connectivity index (χ3n) is 4.88. The molecule has 0 saturated carbocycles. The Balaban J connectivity index is 2.09. The van der Waals surface area contributed by atoms with Crippen molar-refractivity contribution in [3.05, 3.63) is 23.3 Å². The summed E-state index contributed by atoms with van der Waals surface area (Å²) in [5, 5.41) is 9.85. The molecule has 21 heavy (non-hydrogen) atoms. The summed E-state index contributed by atoms with van der Waals surface area (Å²) in [6.45, 7) is 3.70. The molecule has 5 nitrogen and oxygen atoms in total. The van der Waals surface area contributed by atoms with Gasteiger partial charge in [0.1, 0.15) is 4.90 Å². The number of rotatable bonds is 2. The largest absolute Gasteiger partial charge is 0.398 e. The van der Waals surface area contributed by atoms with Crippen molar-refractivity contribution >= 4 is 15.7 Å². The summed E-state index contributed by atoms with van der Waals surface area (Å²) >= 11 is 0. The fourth-order valence-electron chi connectivity index (χ4n) is 3.76. The lowest BCUT2D eigenvalue weighted by molar-refractivity contribution is 0.0769. The average molecular weight is 310 g/mol. The second kappa shape index (κ2) is 4.97. The van der Waals surface area contributed by atoms with Crippen molar-refractivity contribution in [3.8, 4) is 0 Å². The standard InChI is InChI=1S/C15H22N2O3S/c1-9-3-6-14(16)15(10(9)2)21(19,20)17-11-4-5-12(17)8-13(18)7-11/h3,6,11-13,18H,4-5,7-8,16H2,1-2H3. The summed E-state index contributed by atoms with van der Waals surface area (Å²) in [4.78, 5) is 0.246. The molecule has 1 aromatic rings. The number of hydrogen-bond donors (Lipinski definition) is 2. The first-order valence-corrected chi connectivity index (χ1v) is 8.83. The van der Waals surface area contributed by atoms with Crippen molar-refractivity contribution in [3.63, 3.8) is 0 Å². The summed E-state index contributed by atoms with van der Waals surface area (Å²) in [7, 11) is -3.61. The topological polar surface area (TPSA) is 83.6 Å². The molecule has 2 heterocycles. The molecular formula is C15H22N2O3S. The van der Waals surface area contributed by atoms with Gasteiger partial charge in [0.15, 0.2) is 0 Å². The van der Waals surface area contributed by atoms with E-state index in [0.717, 1.165) is 24.0 Å². The summed E-state index contributed by atoms with van der Waals surface area (Å²) in [6.07, 6.45) is 2.32. The number of nitrogen functional groups attached to an aromatic ring is 1. The number of hydrogen-bond acceptors (Lipinski definition) is 4. The van der Waals surface area contributed by atoms with Crippen LogP contribution in [0.3, 0.4) is 0 Å². The van der Waals surface area contributed by atoms with Crippen LogP contribution in [-0.2, 0) is 10.0 Å². The van der Waals surface area contributed by atoms with Gasteiger partial charge in [0.25, 0.3) is 0 Å². The lowest BCUT2D eigenvalue weighted by atomic mass is 10.0. The van der Waals surface area contributed by atoms with Crippen LogP contribution < -0.4 is 5.73 Å². The van der Waals surface area contributed by atoms with Gasteiger partial charge in [-0.05, 0) is 56.7 Å². The quantitative estimate of drug-likeness (QED) is 0.812. The van der Waals surface area contributed by atoms with E-state index in [4.69, 9.17) is 5.73 Å². The highest BCUT2D eigenvalue weighted by Gasteiger charge is 2.47. The molecule has 2 unspecified atom stereocenters. The van der Waals surface area contributed by atoms with Crippen LogP contribution >= 0.6 is 0 Å². The number of benzene rings is 1. The highest BCUT2D eigenvalue weighted by atomic mass is 32.2. The van der Waals surface area contributed by atoms with Gasteiger partial charge in [-0.15, -0.1) is 0 Å². The zero-order chi connectivity index (χ0) is 15.4. The second-order valence-electron chi connectivity index (χ2n) is 6.27. The third-order valence-corrected chi connectivity index (χ3v) is 7.09. The smallest absolute Gasteiger partial charge is 0.245 e. The van der Waals surface area contributed by atoms with E-state index in [2.05, 4.69) is 0 Å². The number of aryl methyl sites for hydroxylation is 1. The zero-order valence-electron chi connectivity index (χ0n) is 12.4. The Bertz CT molecular complexity index is 658. The van der Waals surface area contributed by atoms with Crippen LogP contribution in [0.2, 0.25) is 0 Å². The maximum atomic E-state index is 13.1. The molecule has 6 heteroatoms. The fraction of sp³-hybridized carbons (Fsp3) is 0.600. The van der Waals surface area contributed by atoms with Crippen LogP contribution in [0.4, 0.5) is 5.69 Å². The summed E-state index contributed by atoms with van der Waals surface area (Å²) in [5.41, 5.74) is 7.92. The van der Waals surface area contributed by atoms with Gasteiger partial charge in [0.2, 0.25) is 10.0 Å². The van der Waals surface area contributed by atoms with Crippen LogP contribution in [0.15, 0.2) is 17.0 Å². The predicted octanol–water partition coefficient (Wildman–Crippen LogP) is 1.56. The maximum absolute atomic E-state index is 13.1. The minimum absolute atomic E-state index is 0.0944. The van der Waals surface area contributed by atoms with E-state index in [9.17, 15) is 13.5 Å². The Kier molecular flexibility index (Phi) is 3.50. The fourth-order valence-corrected chi connectivity index (χ4v) is 6.05. The Morgan fingerprint density at radius 1 is 1.19 bits per heavy atom. The van der Waals surface area contributed by atoms with E-state index in [0.29, 0.717) is 18.5 Å². The van der Waals surface area contributed by atoms with Crippen molar-refractivity contribution in [1.29, 1.82) is 0 Å². The minimum atomic E-state index is -3.61. The average Bonchev–Trinajstić information content (AvgIpc) is 2.68. The van der Waals surface area contributed by atoms with Gasteiger partial charge in [-0.25, -0.2) is 8.42 Å². The van der Waals surface area contributed by atoms with Gasteiger partial charge in [0, 0.05) is 12.1 Å². The zero-order valence-corrected chi connectivity index (χ0v) is 13.2. The van der Waals surface area contributed by atoms with Crippen molar-refractivity contribution in [2.45, 2.75) is 62.6 Å². The second-order valence-corrected chi connectivity index (χ2v) is 8.05. The molecule has 2 aliphatic rings. The van der Waals surface area contributed by atoms with Crippen LogP contribution in [0, 0.1) is 13.8 Å². The van der Waals surface area contributed by atoms with E-state index in [1.165, 1.54) is 0 Å². The third kappa shape index (κ3) is 2.25. The number of fused-ring (bicyclic) bond motifs is 2. The minimum Gasteiger partial charge on any atom is -0.398 e. The molecule has 116 valence electrons. The maximum Gasteiger partial charge on any atom is 0.245 e. The van der Waals surface area contributed by atoms with Gasteiger partial charge in [-0.3, -0.25) is 0 Å². The number of nitrogens with two attached hydrogens (primary N) is 1. The molecule has 2 saturated heterocycles. The molecule has 0 aromatic heterocycles. The Labute approximate surface area is 125 Å². The van der Waals surface area contributed by atoms with E-state index in [1.54, 1.807) is 17.3 Å². The van der Waals surface area contributed by atoms with Crippen molar-refractivity contribution in [2.75, 3.05) is 5.73 Å². The van der Waals surface area contributed by atoms with Crippen LogP contribution in [-0.4, -0.2) is 36.0 Å². The number of sulfonamides is 1. The van der Waals surface area contributed by atoms with Crippen molar-refractivity contribution < 1.29 is 13.5 Å². The normalized spacial score (nSPS) is 29.8. The van der Waals surface area contributed by atoms with Gasteiger partial charge < -0.3 is 10.8 Å². The van der Waals surface area contributed by atoms with Crippen LogP contribution in [0.5, 0.6) is 0 Å². The van der Waals surface area contributed by atoms with Gasteiger partial charge in [-0.2, -0.15) is 4.31 Å². The Hall–Kier alpha value is -1.11. The molecule has 2 aliphatic heterocycles. The number of anilines is 1. The van der Waals surface area contributed by atoms with E-state index >= 15 is 0 Å². The molecule has 2 atom stereocenters. The molecule has 0 spiro atoms. The molecule has 0 amide bonds. The molecule has 2 fully saturated rings. The molecule has 0 aliphatic carbocycles. The van der Waals surface area contributed by atoms with Gasteiger partial charge in [0.05, 0.1) is 11.8 Å². The molecule has 3 rings (SSSR count). The van der Waals surface area contributed by atoms with E-state index in [1.807, 2.05) is 13.0 Å². The Morgan fingerprint density at radius 2 is 1.76 bits per heavy atom. The van der Waals surface area contributed by atoms with Gasteiger partial charge in [-0.1, -0.05) is 6.07 Å². The number of aliphatic hydroxyl groups excluding tert-OH is 1. The number of piperidine rings is 1. The number of aliphatic hydroxyl groups is 1. The van der Waals surface area contributed by atoms with Crippen molar-refractivity contribution in [2.24, 2.45) is 0 Å². The predicted molar refractivity (Wildman–Crippen MR) is 81.4 cm³/mol.